The van der Waals surface area contributed by atoms with Crippen molar-refractivity contribution in [2.75, 3.05) is 0 Å². The fourth-order valence-electron chi connectivity index (χ4n) is 7.03. The van der Waals surface area contributed by atoms with Crippen LogP contribution in [0.2, 0.25) is 0 Å². The summed E-state index contributed by atoms with van der Waals surface area (Å²) in [5.41, 5.74) is 0. The molecule has 0 aromatic rings. The minimum Gasteiger partial charge on any atom is -0.393 e. The van der Waals surface area contributed by atoms with Crippen LogP contribution >= 0.6 is 0 Å². The predicted octanol–water partition coefficient (Wildman–Crippen LogP) is 6.50. The fourth-order valence-corrected chi connectivity index (χ4v) is 7.03. The average Bonchev–Trinajstić information content (AvgIpc) is 2.70. The number of hydrogen-bond donors (Lipinski definition) is 1. The third-order valence-corrected chi connectivity index (χ3v) is 8.91. The van der Waals surface area contributed by atoms with Crippen molar-refractivity contribution in [3.63, 3.8) is 0 Å². The molecule has 0 spiro atoms. The molecule has 4 rings (SSSR count). The summed E-state index contributed by atoms with van der Waals surface area (Å²) in [6, 6.07) is 0. The highest BCUT2D eigenvalue weighted by Gasteiger charge is 2.34. The van der Waals surface area contributed by atoms with Gasteiger partial charge in [-0.2, -0.15) is 0 Å². The van der Waals surface area contributed by atoms with Gasteiger partial charge in [-0.3, -0.25) is 0 Å². The van der Waals surface area contributed by atoms with Crippen molar-refractivity contribution in [3.8, 4) is 0 Å². The molecule has 4 saturated carbocycles. The molecule has 0 heterocycles. The van der Waals surface area contributed by atoms with Crippen molar-refractivity contribution in [2.45, 2.75) is 128 Å². The topological polar surface area (TPSA) is 29.5 Å². The van der Waals surface area contributed by atoms with Crippen LogP contribution in [0.3, 0.4) is 0 Å². The zero-order valence-electron chi connectivity index (χ0n) is 17.8. The average molecular weight is 377 g/mol. The second-order valence-electron chi connectivity index (χ2n) is 10.8. The van der Waals surface area contributed by atoms with Crippen LogP contribution in [-0.4, -0.2) is 23.4 Å². The summed E-state index contributed by atoms with van der Waals surface area (Å²) < 4.78 is 6.68. The summed E-state index contributed by atoms with van der Waals surface area (Å²) in [4.78, 5) is 0. The lowest BCUT2D eigenvalue weighted by Gasteiger charge is -2.40. The SMILES string of the molecule is CC1CCC(C2CCC(OC3CCCC(C4CCC(O)CC4)C3)CC2)CC1. The minimum absolute atomic E-state index is 0.0144. The van der Waals surface area contributed by atoms with Gasteiger partial charge in [0.1, 0.15) is 0 Å². The van der Waals surface area contributed by atoms with Gasteiger partial charge >= 0.3 is 0 Å². The molecule has 0 saturated heterocycles. The molecular formula is C25H44O2. The van der Waals surface area contributed by atoms with Crippen LogP contribution in [0.5, 0.6) is 0 Å². The molecule has 4 aliphatic carbocycles. The molecule has 2 heteroatoms. The highest BCUT2D eigenvalue weighted by Crippen LogP contribution is 2.42. The van der Waals surface area contributed by atoms with E-state index in [0.29, 0.717) is 12.2 Å². The molecule has 2 unspecified atom stereocenters. The van der Waals surface area contributed by atoms with Crippen LogP contribution in [0.15, 0.2) is 0 Å². The summed E-state index contributed by atoms with van der Waals surface area (Å²) in [6.07, 6.45) is 22.5. The van der Waals surface area contributed by atoms with Gasteiger partial charge in [0.15, 0.2) is 0 Å². The maximum atomic E-state index is 9.80. The molecule has 2 atom stereocenters. The molecule has 0 aromatic carbocycles. The van der Waals surface area contributed by atoms with Gasteiger partial charge in [0, 0.05) is 0 Å². The molecule has 0 aliphatic heterocycles. The number of ether oxygens (including phenoxy) is 1. The molecule has 0 aromatic heterocycles. The lowest BCUT2D eigenvalue weighted by Crippen LogP contribution is -2.35. The van der Waals surface area contributed by atoms with E-state index in [0.717, 1.165) is 42.4 Å². The Kier molecular flexibility index (Phi) is 7.19. The van der Waals surface area contributed by atoms with Gasteiger partial charge in [0.2, 0.25) is 0 Å². The van der Waals surface area contributed by atoms with E-state index in [9.17, 15) is 5.11 Å². The molecule has 4 aliphatic rings. The van der Waals surface area contributed by atoms with Gasteiger partial charge < -0.3 is 9.84 Å². The van der Waals surface area contributed by atoms with E-state index < -0.39 is 0 Å². The molecule has 4 fully saturated rings. The van der Waals surface area contributed by atoms with Gasteiger partial charge in [-0.25, -0.2) is 0 Å². The van der Waals surface area contributed by atoms with Crippen molar-refractivity contribution >= 4 is 0 Å². The summed E-state index contributed by atoms with van der Waals surface area (Å²) in [5.74, 6) is 4.75. The van der Waals surface area contributed by atoms with Crippen LogP contribution in [0.1, 0.15) is 110 Å². The Morgan fingerprint density at radius 3 is 1.78 bits per heavy atom. The first-order valence-electron chi connectivity index (χ1n) is 12.5. The summed E-state index contributed by atoms with van der Waals surface area (Å²) >= 11 is 0. The zero-order chi connectivity index (χ0) is 18.6. The first-order chi connectivity index (χ1) is 13.2. The van der Waals surface area contributed by atoms with Crippen molar-refractivity contribution in [1.29, 1.82) is 0 Å². The van der Waals surface area contributed by atoms with Gasteiger partial charge in [0.05, 0.1) is 18.3 Å². The maximum Gasteiger partial charge on any atom is 0.0581 e. The maximum absolute atomic E-state index is 9.80. The van der Waals surface area contributed by atoms with Crippen molar-refractivity contribution < 1.29 is 9.84 Å². The van der Waals surface area contributed by atoms with E-state index >= 15 is 0 Å². The monoisotopic (exact) mass is 376 g/mol. The summed E-state index contributed by atoms with van der Waals surface area (Å²) in [7, 11) is 0. The lowest BCUT2D eigenvalue weighted by molar-refractivity contribution is -0.0709. The van der Waals surface area contributed by atoms with Crippen LogP contribution in [0.4, 0.5) is 0 Å². The number of rotatable bonds is 4. The lowest BCUT2D eigenvalue weighted by atomic mass is 9.70. The van der Waals surface area contributed by atoms with Crippen LogP contribution in [-0.2, 0) is 4.74 Å². The standard InChI is InChI=1S/C25H44O2/c1-18-5-7-19(8-6-18)20-11-15-24(16-12-20)27-25-4-2-3-22(17-25)21-9-13-23(26)14-10-21/h18-26H,2-17H2,1H3. The highest BCUT2D eigenvalue weighted by atomic mass is 16.5. The molecule has 0 amide bonds. The molecule has 156 valence electrons. The molecule has 1 N–H and O–H groups in total. The Morgan fingerprint density at radius 1 is 0.556 bits per heavy atom. The van der Waals surface area contributed by atoms with Gasteiger partial charge in [0.25, 0.3) is 0 Å². The zero-order valence-corrected chi connectivity index (χ0v) is 17.8. The molecular weight excluding hydrogens is 332 g/mol. The van der Waals surface area contributed by atoms with E-state index in [4.69, 9.17) is 4.74 Å². The Labute approximate surface area is 167 Å². The third-order valence-electron chi connectivity index (χ3n) is 8.91. The van der Waals surface area contributed by atoms with Crippen molar-refractivity contribution in [3.05, 3.63) is 0 Å². The fraction of sp³-hybridized carbons (Fsp3) is 1.00. The van der Waals surface area contributed by atoms with Crippen LogP contribution < -0.4 is 0 Å². The van der Waals surface area contributed by atoms with Gasteiger partial charge in [-0.15, -0.1) is 0 Å². The summed E-state index contributed by atoms with van der Waals surface area (Å²) in [6.45, 7) is 2.44. The quantitative estimate of drug-likeness (QED) is 0.607. The van der Waals surface area contributed by atoms with Crippen LogP contribution in [0.25, 0.3) is 0 Å². The number of aliphatic hydroxyl groups is 1. The predicted molar refractivity (Wildman–Crippen MR) is 112 cm³/mol. The Balaban J connectivity index is 1.18. The van der Waals surface area contributed by atoms with E-state index in [2.05, 4.69) is 6.92 Å². The second kappa shape index (κ2) is 9.61. The normalized spacial score (nSPS) is 46.9. The molecule has 2 nitrogen and oxygen atoms in total. The van der Waals surface area contributed by atoms with Crippen LogP contribution in [0, 0.1) is 29.6 Å². The number of aliphatic hydroxyl groups excluding tert-OH is 1. The molecule has 0 radical (unpaired) electrons. The van der Waals surface area contributed by atoms with Crippen molar-refractivity contribution in [1.82, 2.24) is 0 Å². The third kappa shape index (κ3) is 5.50. The Bertz CT molecular complexity index is 426. The molecule has 0 bridgehead atoms. The number of hydrogen-bond acceptors (Lipinski definition) is 2. The smallest absolute Gasteiger partial charge is 0.0581 e. The van der Waals surface area contributed by atoms with E-state index in [1.54, 1.807) is 0 Å². The Hall–Kier alpha value is -0.0800. The van der Waals surface area contributed by atoms with E-state index in [1.807, 2.05) is 0 Å². The van der Waals surface area contributed by atoms with Gasteiger partial charge in [-0.05, 0) is 113 Å². The van der Waals surface area contributed by atoms with Gasteiger partial charge in [-0.1, -0.05) is 26.2 Å². The largest absolute Gasteiger partial charge is 0.393 e. The first-order valence-corrected chi connectivity index (χ1v) is 12.5. The first kappa shape index (κ1) is 20.2. The molecule has 27 heavy (non-hydrogen) atoms. The van der Waals surface area contributed by atoms with E-state index in [1.165, 1.54) is 89.9 Å². The second-order valence-corrected chi connectivity index (χ2v) is 10.8. The van der Waals surface area contributed by atoms with Crippen molar-refractivity contribution in [2.24, 2.45) is 29.6 Å². The van der Waals surface area contributed by atoms with E-state index in [-0.39, 0.29) is 6.10 Å². The highest BCUT2D eigenvalue weighted by molar-refractivity contribution is 4.85. The minimum atomic E-state index is -0.0144. The summed E-state index contributed by atoms with van der Waals surface area (Å²) in [5, 5.41) is 9.80. The Morgan fingerprint density at radius 2 is 1.11 bits per heavy atom.